The highest BCUT2D eigenvalue weighted by atomic mass is 15.1. The van der Waals surface area contributed by atoms with Gasteiger partial charge in [0.15, 0.2) is 0 Å². The number of nitrogens with two attached hydrogens (primary N) is 1. The van der Waals surface area contributed by atoms with Crippen LogP contribution < -0.4 is 11.1 Å². The first-order valence-corrected chi connectivity index (χ1v) is 16.2. The van der Waals surface area contributed by atoms with Crippen LogP contribution in [-0.4, -0.2) is 9.13 Å². The molecule has 228 valence electrons. The van der Waals surface area contributed by atoms with Crippen molar-refractivity contribution in [2.24, 2.45) is 0 Å². The maximum atomic E-state index is 7.05. The standard InChI is InChI=1S/C44H32N4/c45-44-43(46-34-19-9-3-10-20-34)39-29-41-38(28-42(39)48(44)35-21-11-4-12-22-35)37-23-13-14-24-40(37)47(41)36-26-32(30-15-5-1-6-16-30)25-33(27-36)31-17-7-2-8-18-31/h1-29,46H,45H2. The van der Waals surface area contributed by atoms with E-state index in [4.69, 9.17) is 5.73 Å². The van der Waals surface area contributed by atoms with Crippen LogP contribution in [0.1, 0.15) is 0 Å². The van der Waals surface area contributed by atoms with Crippen molar-refractivity contribution in [1.82, 2.24) is 9.13 Å². The molecule has 0 unspecified atom stereocenters. The summed E-state index contributed by atoms with van der Waals surface area (Å²) in [6, 6.07) is 62.1. The average Bonchev–Trinajstić information content (AvgIpc) is 3.62. The Bertz CT molecular complexity index is 2510. The number of aromatic nitrogens is 2. The third-order valence-corrected chi connectivity index (χ3v) is 9.25. The van der Waals surface area contributed by atoms with E-state index in [0.29, 0.717) is 5.82 Å². The first-order chi connectivity index (χ1) is 23.7. The van der Waals surface area contributed by atoms with E-state index < -0.39 is 0 Å². The molecule has 3 N–H and O–H groups in total. The van der Waals surface area contributed by atoms with E-state index in [1.165, 1.54) is 33.0 Å². The molecule has 0 aliphatic rings. The Balaban J connectivity index is 1.37. The van der Waals surface area contributed by atoms with Crippen LogP contribution in [0.4, 0.5) is 17.2 Å². The second-order valence-corrected chi connectivity index (χ2v) is 12.2. The zero-order valence-corrected chi connectivity index (χ0v) is 26.2. The second kappa shape index (κ2) is 11.4. The van der Waals surface area contributed by atoms with Crippen molar-refractivity contribution in [3.63, 3.8) is 0 Å². The molecule has 4 heteroatoms. The highest BCUT2D eigenvalue weighted by molar-refractivity contribution is 6.16. The first kappa shape index (κ1) is 27.8. The Morgan fingerprint density at radius 1 is 0.375 bits per heavy atom. The summed E-state index contributed by atoms with van der Waals surface area (Å²) in [4.78, 5) is 0. The van der Waals surface area contributed by atoms with E-state index in [1.54, 1.807) is 0 Å². The van der Waals surface area contributed by atoms with Gasteiger partial charge in [0.1, 0.15) is 5.82 Å². The van der Waals surface area contributed by atoms with Gasteiger partial charge in [-0.25, -0.2) is 0 Å². The first-order valence-electron chi connectivity index (χ1n) is 16.2. The Morgan fingerprint density at radius 3 is 1.54 bits per heavy atom. The quantitative estimate of drug-likeness (QED) is 0.195. The molecule has 0 atom stereocenters. The van der Waals surface area contributed by atoms with Crippen LogP contribution in [0.2, 0.25) is 0 Å². The van der Waals surface area contributed by atoms with Crippen molar-refractivity contribution in [2.75, 3.05) is 11.1 Å². The maximum absolute atomic E-state index is 7.05. The predicted molar refractivity (Wildman–Crippen MR) is 203 cm³/mol. The molecule has 0 saturated carbocycles. The van der Waals surface area contributed by atoms with Crippen LogP contribution in [0.5, 0.6) is 0 Å². The van der Waals surface area contributed by atoms with Gasteiger partial charge in [-0.1, -0.05) is 115 Å². The smallest absolute Gasteiger partial charge is 0.133 e. The molecule has 0 spiro atoms. The molecule has 9 rings (SSSR count). The molecule has 2 aromatic heterocycles. The molecule has 4 nitrogen and oxygen atoms in total. The fraction of sp³-hybridized carbons (Fsp3) is 0. The number of nitrogens with zero attached hydrogens (tertiary/aromatic N) is 2. The molecule has 0 aliphatic carbocycles. The van der Waals surface area contributed by atoms with Gasteiger partial charge in [-0.05, 0) is 82.9 Å². The third kappa shape index (κ3) is 4.62. The van der Waals surface area contributed by atoms with Crippen LogP contribution in [0, 0.1) is 0 Å². The zero-order valence-electron chi connectivity index (χ0n) is 26.2. The van der Waals surface area contributed by atoms with Gasteiger partial charge >= 0.3 is 0 Å². The van der Waals surface area contributed by atoms with E-state index in [-0.39, 0.29) is 0 Å². The molecule has 0 bridgehead atoms. The van der Waals surface area contributed by atoms with Crippen LogP contribution in [-0.2, 0) is 0 Å². The molecule has 9 aromatic rings. The summed E-state index contributed by atoms with van der Waals surface area (Å²) in [5.41, 5.74) is 19.1. The average molecular weight is 617 g/mol. The maximum Gasteiger partial charge on any atom is 0.133 e. The van der Waals surface area contributed by atoms with Crippen molar-refractivity contribution in [3.8, 4) is 33.6 Å². The minimum absolute atomic E-state index is 0.668. The summed E-state index contributed by atoms with van der Waals surface area (Å²) in [7, 11) is 0. The summed E-state index contributed by atoms with van der Waals surface area (Å²) in [5, 5.41) is 7.09. The predicted octanol–water partition coefficient (Wildman–Crippen LogP) is 11.4. The molecule has 0 amide bonds. The highest BCUT2D eigenvalue weighted by Crippen LogP contribution is 2.43. The van der Waals surface area contributed by atoms with Crippen molar-refractivity contribution in [3.05, 3.63) is 176 Å². The van der Waals surface area contributed by atoms with E-state index >= 15 is 0 Å². The number of rotatable bonds is 6. The lowest BCUT2D eigenvalue weighted by atomic mass is 9.98. The lowest BCUT2D eigenvalue weighted by Crippen LogP contribution is -2.01. The Labute approximate surface area is 278 Å². The Kier molecular flexibility index (Phi) is 6.58. The fourth-order valence-electron chi connectivity index (χ4n) is 7.03. The van der Waals surface area contributed by atoms with Gasteiger partial charge in [-0.15, -0.1) is 0 Å². The molecule has 0 fully saturated rings. The van der Waals surface area contributed by atoms with Crippen molar-refractivity contribution in [1.29, 1.82) is 0 Å². The lowest BCUT2D eigenvalue weighted by molar-refractivity contribution is 1.14. The summed E-state index contributed by atoms with van der Waals surface area (Å²) in [6.45, 7) is 0. The van der Waals surface area contributed by atoms with E-state index in [9.17, 15) is 0 Å². The number of anilines is 3. The van der Waals surface area contributed by atoms with Gasteiger partial charge in [0.2, 0.25) is 0 Å². The Hall–Kier alpha value is -6.52. The normalized spacial score (nSPS) is 11.4. The third-order valence-electron chi connectivity index (χ3n) is 9.25. The molecule has 0 radical (unpaired) electrons. The SMILES string of the molecule is Nc1c(Nc2ccccc2)c2cc3c(cc2n1-c1ccccc1)c1ccccc1n3-c1cc(-c2ccccc2)cc(-c2ccccc2)c1. The van der Waals surface area contributed by atoms with Crippen molar-refractivity contribution >= 4 is 49.9 Å². The Morgan fingerprint density at radius 2 is 0.896 bits per heavy atom. The number of hydrogen-bond donors (Lipinski definition) is 2. The van der Waals surface area contributed by atoms with E-state index in [1.807, 2.05) is 24.3 Å². The topological polar surface area (TPSA) is 47.9 Å². The van der Waals surface area contributed by atoms with Gasteiger partial charge < -0.3 is 15.6 Å². The molecular formula is C44H32N4. The summed E-state index contributed by atoms with van der Waals surface area (Å²) < 4.78 is 4.57. The number of para-hydroxylation sites is 3. The second-order valence-electron chi connectivity index (χ2n) is 12.2. The van der Waals surface area contributed by atoms with Gasteiger partial charge in [0.05, 0.1) is 22.2 Å². The number of fused-ring (bicyclic) bond motifs is 4. The van der Waals surface area contributed by atoms with Gasteiger partial charge in [0.25, 0.3) is 0 Å². The number of hydrogen-bond acceptors (Lipinski definition) is 2. The van der Waals surface area contributed by atoms with Gasteiger partial charge in [-0.3, -0.25) is 4.57 Å². The van der Waals surface area contributed by atoms with Gasteiger partial charge in [-0.2, -0.15) is 0 Å². The zero-order chi connectivity index (χ0) is 32.0. The summed E-state index contributed by atoms with van der Waals surface area (Å²) in [5.74, 6) is 0.668. The summed E-state index contributed by atoms with van der Waals surface area (Å²) in [6.07, 6.45) is 0. The number of benzene rings is 7. The van der Waals surface area contributed by atoms with Crippen LogP contribution in [0.3, 0.4) is 0 Å². The van der Waals surface area contributed by atoms with E-state index in [2.05, 4.69) is 166 Å². The largest absolute Gasteiger partial charge is 0.383 e. The van der Waals surface area contributed by atoms with E-state index in [0.717, 1.165) is 44.7 Å². The van der Waals surface area contributed by atoms with Crippen LogP contribution in [0.15, 0.2) is 176 Å². The summed E-state index contributed by atoms with van der Waals surface area (Å²) >= 11 is 0. The van der Waals surface area contributed by atoms with Crippen molar-refractivity contribution in [2.45, 2.75) is 0 Å². The number of nitrogen functional groups attached to an aromatic ring is 1. The molecule has 48 heavy (non-hydrogen) atoms. The molecular weight excluding hydrogens is 585 g/mol. The van der Waals surface area contributed by atoms with Crippen LogP contribution in [0.25, 0.3) is 66.3 Å². The minimum Gasteiger partial charge on any atom is -0.383 e. The van der Waals surface area contributed by atoms with Gasteiger partial charge in [0, 0.05) is 33.2 Å². The monoisotopic (exact) mass is 616 g/mol. The molecule has 7 aromatic carbocycles. The fourth-order valence-corrected chi connectivity index (χ4v) is 7.03. The minimum atomic E-state index is 0.668. The van der Waals surface area contributed by atoms with Crippen LogP contribution >= 0.6 is 0 Å². The molecule has 2 heterocycles. The highest BCUT2D eigenvalue weighted by Gasteiger charge is 2.21. The molecule has 0 aliphatic heterocycles. The lowest BCUT2D eigenvalue weighted by Gasteiger charge is -2.14. The van der Waals surface area contributed by atoms with Crippen molar-refractivity contribution < 1.29 is 0 Å². The molecule has 0 saturated heterocycles. The number of nitrogens with one attached hydrogen (secondary N) is 1.